The molecule has 0 aliphatic carbocycles. The predicted molar refractivity (Wildman–Crippen MR) is 73.7 cm³/mol. The smallest absolute Gasteiger partial charge is 0.128 e. The molecule has 1 heterocycles. The summed E-state index contributed by atoms with van der Waals surface area (Å²) in [7, 11) is 1.74. The van der Waals surface area contributed by atoms with Crippen molar-refractivity contribution in [2.45, 2.75) is 5.44 Å². The van der Waals surface area contributed by atoms with Gasteiger partial charge >= 0.3 is 0 Å². The number of hydrogen-bond donors (Lipinski definition) is 0. The van der Waals surface area contributed by atoms with Gasteiger partial charge in [-0.2, -0.15) is 0 Å². The van der Waals surface area contributed by atoms with E-state index in [-0.39, 0.29) is 5.44 Å². The van der Waals surface area contributed by atoms with Crippen molar-refractivity contribution in [2.24, 2.45) is 4.99 Å². The third kappa shape index (κ3) is 1.96. The second-order valence-electron chi connectivity index (χ2n) is 3.96. The van der Waals surface area contributed by atoms with Crippen LogP contribution in [0.15, 0.2) is 47.5 Å². The van der Waals surface area contributed by atoms with Gasteiger partial charge in [-0.25, -0.2) is 0 Å². The molecule has 86 valence electrons. The lowest BCUT2D eigenvalue weighted by Crippen LogP contribution is -2.05. The predicted octanol–water partition coefficient (Wildman–Crippen LogP) is 3.31. The van der Waals surface area contributed by atoms with Gasteiger partial charge in [-0.1, -0.05) is 54.2 Å². The van der Waals surface area contributed by atoms with Crippen LogP contribution in [-0.2, 0) is 4.74 Å². The van der Waals surface area contributed by atoms with Gasteiger partial charge in [-0.05, 0) is 10.8 Å². The van der Waals surface area contributed by atoms with Crippen molar-refractivity contribution in [3.8, 4) is 0 Å². The van der Waals surface area contributed by atoms with E-state index in [2.05, 4.69) is 47.5 Å². The molecule has 1 aliphatic heterocycles. The second-order valence-corrected chi connectivity index (χ2v) is 5.10. The van der Waals surface area contributed by atoms with Crippen molar-refractivity contribution < 1.29 is 4.74 Å². The molecule has 1 atom stereocenters. The van der Waals surface area contributed by atoms with E-state index in [9.17, 15) is 0 Å². The molecule has 2 nitrogen and oxygen atoms in total. The molecule has 1 unspecified atom stereocenters. The number of methoxy groups -OCH3 is 1. The Hall–Kier alpha value is -1.32. The molecule has 0 amide bonds. The molecule has 0 aromatic heterocycles. The number of ether oxygens (including phenoxy) is 1. The number of nitrogens with zero attached hydrogens (tertiary/aromatic N) is 1. The molecular weight excluding hydrogens is 230 g/mol. The zero-order chi connectivity index (χ0) is 11.7. The van der Waals surface area contributed by atoms with Gasteiger partial charge in [-0.3, -0.25) is 4.99 Å². The Morgan fingerprint density at radius 2 is 2.00 bits per heavy atom. The normalized spacial score (nSPS) is 19.6. The molecule has 0 N–H and O–H groups in total. The van der Waals surface area contributed by atoms with Crippen molar-refractivity contribution in [1.29, 1.82) is 0 Å². The van der Waals surface area contributed by atoms with Crippen LogP contribution in [0.3, 0.4) is 0 Å². The van der Waals surface area contributed by atoms with E-state index >= 15 is 0 Å². The van der Waals surface area contributed by atoms with E-state index < -0.39 is 0 Å². The third-order valence-electron chi connectivity index (χ3n) is 2.91. The molecule has 2 aromatic carbocycles. The van der Waals surface area contributed by atoms with Gasteiger partial charge in [0.1, 0.15) is 10.5 Å². The van der Waals surface area contributed by atoms with E-state index in [1.54, 1.807) is 18.9 Å². The average Bonchev–Trinajstić information content (AvgIpc) is 2.87. The Labute approximate surface area is 105 Å². The van der Waals surface area contributed by atoms with E-state index in [0.29, 0.717) is 0 Å². The molecule has 0 radical (unpaired) electrons. The monoisotopic (exact) mass is 243 g/mol. The second kappa shape index (κ2) is 4.51. The lowest BCUT2D eigenvalue weighted by atomic mass is 10.1. The lowest BCUT2D eigenvalue weighted by Gasteiger charge is -2.07. The lowest BCUT2D eigenvalue weighted by molar-refractivity contribution is 0.182. The Bertz CT molecular complexity index is 574. The van der Waals surface area contributed by atoms with Crippen LogP contribution in [-0.4, -0.2) is 24.1 Å². The van der Waals surface area contributed by atoms with Crippen molar-refractivity contribution >= 4 is 27.6 Å². The maximum absolute atomic E-state index is 5.32. The van der Waals surface area contributed by atoms with E-state index in [1.165, 1.54) is 16.3 Å². The summed E-state index contributed by atoms with van der Waals surface area (Å²) >= 11 is 1.71. The quantitative estimate of drug-likeness (QED) is 0.807. The first-order valence-electron chi connectivity index (χ1n) is 5.60. The molecule has 0 saturated carbocycles. The first-order chi connectivity index (χ1) is 8.38. The SMILES string of the molecule is COC1CN=C(c2cccc3ccccc23)S1. The Kier molecular flexibility index (Phi) is 2.87. The molecule has 3 heteroatoms. The number of rotatable bonds is 2. The topological polar surface area (TPSA) is 21.6 Å². The van der Waals surface area contributed by atoms with Gasteiger partial charge in [-0.15, -0.1) is 0 Å². The molecule has 17 heavy (non-hydrogen) atoms. The summed E-state index contributed by atoms with van der Waals surface area (Å²) < 4.78 is 5.32. The van der Waals surface area contributed by atoms with Crippen LogP contribution >= 0.6 is 11.8 Å². The largest absolute Gasteiger partial charge is 0.368 e. The van der Waals surface area contributed by atoms with Gasteiger partial charge in [0, 0.05) is 12.7 Å². The highest BCUT2D eigenvalue weighted by molar-refractivity contribution is 8.15. The summed E-state index contributed by atoms with van der Waals surface area (Å²) in [6.45, 7) is 0.750. The Balaban J connectivity index is 2.07. The van der Waals surface area contributed by atoms with Crippen molar-refractivity contribution in [3.05, 3.63) is 48.0 Å². The maximum Gasteiger partial charge on any atom is 0.128 e. The fourth-order valence-corrected chi connectivity index (χ4v) is 2.99. The number of thioether (sulfide) groups is 1. The Morgan fingerprint density at radius 3 is 2.82 bits per heavy atom. The van der Waals surface area contributed by atoms with Crippen LogP contribution in [0.2, 0.25) is 0 Å². The van der Waals surface area contributed by atoms with Crippen LogP contribution in [0, 0.1) is 0 Å². The molecule has 0 fully saturated rings. The van der Waals surface area contributed by atoms with Crippen molar-refractivity contribution in [2.75, 3.05) is 13.7 Å². The number of hydrogen-bond acceptors (Lipinski definition) is 3. The van der Waals surface area contributed by atoms with E-state index in [1.807, 2.05) is 0 Å². The summed E-state index contributed by atoms with van der Waals surface area (Å²) in [6, 6.07) is 14.8. The zero-order valence-corrected chi connectivity index (χ0v) is 10.4. The van der Waals surface area contributed by atoms with Crippen LogP contribution in [0.25, 0.3) is 10.8 Å². The van der Waals surface area contributed by atoms with Gasteiger partial charge in [0.2, 0.25) is 0 Å². The maximum atomic E-state index is 5.32. The molecule has 0 saturated heterocycles. The summed E-state index contributed by atoms with van der Waals surface area (Å²) in [6.07, 6.45) is 0. The van der Waals surface area contributed by atoms with Crippen molar-refractivity contribution in [3.63, 3.8) is 0 Å². The minimum atomic E-state index is 0.170. The summed E-state index contributed by atoms with van der Waals surface area (Å²) in [5.41, 5.74) is 1.39. The zero-order valence-electron chi connectivity index (χ0n) is 9.59. The van der Waals surface area contributed by atoms with E-state index in [4.69, 9.17) is 4.74 Å². The molecule has 3 rings (SSSR count). The van der Waals surface area contributed by atoms with Crippen LogP contribution in [0.5, 0.6) is 0 Å². The molecule has 0 spiro atoms. The third-order valence-corrected chi connectivity index (χ3v) is 4.09. The number of benzene rings is 2. The van der Waals surface area contributed by atoms with Crippen LogP contribution in [0.4, 0.5) is 0 Å². The minimum Gasteiger partial charge on any atom is -0.368 e. The van der Waals surface area contributed by atoms with Gasteiger partial charge < -0.3 is 4.74 Å². The van der Waals surface area contributed by atoms with Gasteiger partial charge in [0.05, 0.1) is 6.54 Å². The summed E-state index contributed by atoms with van der Waals surface area (Å²) in [5, 5.41) is 3.61. The highest BCUT2D eigenvalue weighted by atomic mass is 32.2. The highest BCUT2D eigenvalue weighted by Crippen LogP contribution is 2.29. The first-order valence-corrected chi connectivity index (χ1v) is 6.48. The summed E-state index contributed by atoms with van der Waals surface area (Å²) in [4.78, 5) is 4.56. The van der Waals surface area contributed by atoms with E-state index in [0.717, 1.165) is 11.6 Å². The van der Waals surface area contributed by atoms with Crippen LogP contribution < -0.4 is 0 Å². The molecule has 1 aliphatic rings. The minimum absolute atomic E-state index is 0.170. The number of aliphatic imine (C=N–C) groups is 1. The van der Waals surface area contributed by atoms with Crippen LogP contribution in [0.1, 0.15) is 5.56 Å². The molecule has 0 bridgehead atoms. The van der Waals surface area contributed by atoms with Crippen molar-refractivity contribution in [1.82, 2.24) is 0 Å². The van der Waals surface area contributed by atoms with Gasteiger partial charge in [0.15, 0.2) is 0 Å². The highest BCUT2D eigenvalue weighted by Gasteiger charge is 2.21. The fourth-order valence-electron chi connectivity index (χ4n) is 2.04. The standard InChI is InChI=1S/C14H13NOS/c1-16-13-9-15-14(17-13)12-8-4-6-10-5-2-3-7-11(10)12/h2-8,13H,9H2,1H3. The molecule has 2 aromatic rings. The average molecular weight is 243 g/mol. The number of fused-ring (bicyclic) bond motifs is 1. The fraction of sp³-hybridized carbons (Fsp3) is 0.214. The summed E-state index contributed by atoms with van der Waals surface area (Å²) in [5.74, 6) is 0. The first kappa shape index (κ1) is 10.8. The molecular formula is C14H13NOS. The van der Waals surface area contributed by atoms with Gasteiger partial charge in [0.25, 0.3) is 0 Å². The Morgan fingerprint density at radius 1 is 1.18 bits per heavy atom.